The van der Waals surface area contributed by atoms with Crippen LogP contribution in [0.25, 0.3) is 0 Å². The van der Waals surface area contributed by atoms with E-state index in [0.717, 1.165) is 6.42 Å². The van der Waals surface area contributed by atoms with E-state index in [1.165, 1.54) is 4.90 Å². The topological polar surface area (TPSA) is 40.5 Å². The summed E-state index contributed by atoms with van der Waals surface area (Å²) >= 11 is 0. The maximum Gasteiger partial charge on any atom is 0.407 e. The third-order valence-electron chi connectivity index (χ3n) is 1.80. The van der Waals surface area contributed by atoms with Gasteiger partial charge in [0.2, 0.25) is 0 Å². The van der Waals surface area contributed by atoms with Crippen molar-refractivity contribution in [1.29, 1.82) is 0 Å². The number of rotatable bonds is 1. The number of carbonyl (C=O) groups is 1. The fourth-order valence-electron chi connectivity index (χ4n) is 1.25. The quantitative estimate of drug-likeness (QED) is 0.603. The first kappa shape index (κ1) is 7.31. The van der Waals surface area contributed by atoms with Crippen molar-refractivity contribution in [2.75, 3.05) is 13.2 Å². The molecule has 1 atom stereocenters. The van der Waals surface area contributed by atoms with Gasteiger partial charge in [0.05, 0.1) is 6.04 Å². The second-order valence-corrected chi connectivity index (χ2v) is 2.43. The molecule has 1 rings (SSSR count). The van der Waals surface area contributed by atoms with Gasteiger partial charge in [-0.05, 0) is 12.8 Å². The summed E-state index contributed by atoms with van der Waals surface area (Å²) in [6.45, 7) is -0.0593. The molecule has 1 amide bonds. The van der Waals surface area contributed by atoms with E-state index in [9.17, 15) is 9.18 Å². The van der Waals surface area contributed by atoms with Crippen molar-refractivity contribution in [2.45, 2.75) is 18.9 Å². The van der Waals surface area contributed by atoms with E-state index in [0.29, 0.717) is 13.0 Å². The highest BCUT2D eigenvalue weighted by Crippen LogP contribution is 2.16. The van der Waals surface area contributed by atoms with Crippen LogP contribution in [-0.4, -0.2) is 35.4 Å². The molecule has 4 heteroatoms. The van der Waals surface area contributed by atoms with Gasteiger partial charge in [0.25, 0.3) is 0 Å². The van der Waals surface area contributed by atoms with Crippen LogP contribution < -0.4 is 0 Å². The van der Waals surface area contributed by atoms with Gasteiger partial charge in [-0.25, -0.2) is 9.18 Å². The van der Waals surface area contributed by atoms with Gasteiger partial charge in [-0.1, -0.05) is 0 Å². The van der Waals surface area contributed by atoms with Crippen LogP contribution in [0, 0.1) is 0 Å². The summed E-state index contributed by atoms with van der Waals surface area (Å²) in [4.78, 5) is 11.5. The maximum atomic E-state index is 12.0. The molecule has 1 aliphatic heterocycles. The van der Waals surface area contributed by atoms with Gasteiger partial charge in [0, 0.05) is 6.54 Å². The summed E-state index contributed by atoms with van der Waals surface area (Å²) in [6, 6.07) is -0.377. The van der Waals surface area contributed by atoms with Crippen LogP contribution in [0.3, 0.4) is 0 Å². The van der Waals surface area contributed by atoms with Crippen LogP contribution in [0.1, 0.15) is 12.8 Å². The molecule has 1 saturated heterocycles. The van der Waals surface area contributed by atoms with Crippen LogP contribution in [0.2, 0.25) is 0 Å². The molecule has 0 bridgehead atoms. The van der Waals surface area contributed by atoms with Gasteiger partial charge < -0.3 is 10.0 Å². The van der Waals surface area contributed by atoms with Crippen molar-refractivity contribution in [3.05, 3.63) is 0 Å². The van der Waals surface area contributed by atoms with Crippen molar-refractivity contribution in [3.8, 4) is 0 Å². The average molecular weight is 147 g/mol. The lowest BCUT2D eigenvalue weighted by Gasteiger charge is -2.17. The Labute approximate surface area is 58.4 Å². The molecule has 0 aromatic heterocycles. The molecule has 0 saturated carbocycles. The maximum absolute atomic E-state index is 12.0. The SMILES string of the molecule is O=C(O)N1CCC[C@@H]1CF. The van der Waals surface area contributed by atoms with E-state index in [4.69, 9.17) is 5.11 Å². The zero-order chi connectivity index (χ0) is 7.56. The Morgan fingerprint density at radius 2 is 2.50 bits per heavy atom. The van der Waals surface area contributed by atoms with Gasteiger partial charge in [0.15, 0.2) is 0 Å². The standard InChI is InChI=1S/C6H10FNO2/c7-4-5-2-1-3-8(5)6(9)10/h5H,1-4H2,(H,9,10)/t5-/m1/s1. The molecule has 1 fully saturated rings. The highest BCUT2D eigenvalue weighted by molar-refractivity contribution is 5.65. The summed E-state index contributed by atoms with van der Waals surface area (Å²) in [5.41, 5.74) is 0. The first-order valence-electron chi connectivity index (χ1n) is 3.31. The van der Waals surface area contributed by atoms with E-state index >= 15 is 0 Å². The number of nitrogens with zero attached hydrogens (tertiary/aromatic N) is 1. The van der Waals surface area contributed by atoms with Crippen molar-refractivity contribution < 1.29 is 14.3 Å². The van der Waals surface area contributed by atoms with Crippen LogP contribution in [-0.2, 0) is 0 Å². The normalized spacial score (nSPS) is 25.3. The Hall–Kier alpha value is -0.800. The van der Waals surface area contributed by atoms with E-state index in [2.05, 4.69) is 0 Å². The zero-order valence-electron chi connectivity index (χ0n) is 5.59. The number of hydrogen-bond donors (Lipinski definition) is 1. The van der Waals surface area contributed by atoms with Crippen LogP contribution in [0.15, 0.2) is 0 Å². The van der Waals surface area contributed by atoms with Gasteiger partial charge in [-0.2, -0.15) is 0 Å². The van der Waals surface area contributed by atoms with E-state index in [-0.39, 0.29) is 6.04 Å². The minimum atomic E-state index is -1.000. The molecule has 10 heavy (non-hydrogen) atoms. The smallest absolute Gasteiger partial charge is 0.407 e. The molecule has 0 aliphatic carbocycles. The van der Waals surface area contributed by atoms with Crippen LogP contribution in [0.4, 0.5) is 9.18 Å². The van der Waals surface area contributed by atoms with Crippen molar-refractivity contribution in [1.82, 2.24) is 4.90 Å². The van der Waals surface area contributed by atoms with Crippen LogP contribution in [0.5, 0.6) is 0 Å². The predicted molar refractivity (Wildman–Crippen MR) is 33.7 cm³/mol. The summed E-state index contributed by atoms with van der Waals surface area (Å²) < 4.78 is 12.0. The Balaban J connectivity index is 2.50. The minimum absolute atomic E-state index is 0.377. The zero-order valence-corrected chi connectivity index (χ0v) is 5.59. The van der Waals surface area contributed by atoms with E-state index in [1.54, 1.807) is 0 Å². The molecule has 58 valence electrons. The minimum Gasteiger partial charge on any atom is -0.465 e. The summed E-state index contributed by atoms with van der Waals surface area (Å²) in [5.74, 6) is 0. The largest absolute Gasteiger partial charge is 0.465 e. The third kappa shape index (κ3) is 1.20. The predicted octanol–water partition coefficient (Wildman–Crippen LogP) is 1.10. The number of alkyl halides is 1. The summed E-state index contributed by atoms with van der Waals surface area (Å²) in [7, 11) is 0. The third-order valence-corrected chi connectivity index (χ3v) is 1.80. The lowest BCUT2D eigenvalue weighted by molar-refractivity contribution is 0.133. The highest BCUT2D eigenvalue weighted by Gasteiger charge is 2.27. The number of carboxylic acid groups (broad SMARTS) is 1. The summed E-state index contributed by atoms with van der Waals surface area (Å²) in [6.07, 6.45) is 0.462. The van der Waals surface area contributed by atoms with Gasteiger partial charge >= 0.3 is 6.09 Å². The molecule has 0 radical (unpaired) electrons. The van der Waals surface area contributed by atoms with Crippen molar-refractivity contribution in [2.24, 2.45) is 0 Å². The molecule has 0 unspecified atom stereocenters. The van der Waals surface area contributed by atoms with E-state index < -0.39 is 12.8 Å². The van der Waals surface area contributed by atoms with Gasteiger partial charge in [-0.15, -0.1) is 0 Å². The number of halogens is 1. The number of hydrogen-bond acceptors (Lipinski definition) is 1. The van der Waals surface area contributed by atoms with Crippen molar-refractivity contribution >= 4 is 6.09 Å². The molecule has 0 aromatic rings. The van der Waals surface area contributed by atoms with Crippen molar-refractivity contribution in [3.63, 3.8) is 0 Å². The summed E-state index contributed by atoms with van der Waals surface area (Å²) in [5, 5.41) is 8.47. The molecular formula is C6H10FNO2. The molecule has 0 aromatic carbocycles. The lowest BCUT2D eigenvalue weighted by Crippen LogP contribution is -2.35. The fraction of sp³-hybridized carbons (Fsp3) is 0.833. The molecule has 0 spiro atoms. The monoisotopic (exact) mass is 147 g/mol. The Kier molecular flexibility index (Phi) is 2.09. The lowest BCUT2D eigenvalue weighted by atomic mass is 10.2. The molecule has 1 heterocycles. The molecule has 1 aliphatic rings. The molecule has 1 N–H and O–H groups in total. The second-order valence-electron chi connectivity index (χ2n) is 2.43. The Morgan fingerprint density at radius 1 is 1.80 bits per heavy atom. The Bertz CT molecular complexity index is 140. The van der Waals surface area contributed by atoms with Gasteiger partial charge in [-0.3, -0.25) is 0 Å². The molecule has 3 nitrogen and oxygen atoms in total. The fourth-order valence-corrected chi connectivity index (χ4v) is 1.25. The first-order valence-corrected chi connectivity index (χ1v) is 3.31. The van der Waals surface area contributed by atoms with Crippen LogP contribution >= 0.6 is 0 Å². The number of amides is 1. The second kappa shape index (κ2) is 2.86. The highest BCUT2D eigenvalue weighted by atomic mass is 19.1. The first-order chi connectivity index (χ1) is 4.75. The van der Waals surface area contributed by atoms with Gasteiger partial charge in [0.1, 0.15) is 6.67 Å². The average Bonchev–Trinajstić information content (AvgIpc) is 2.33. The molecular weight excluding hydrogens is 137 g/mol. The number of likely N-dealkylation sites (tertiary alicyclic amines) is 1. The Morgan fingerprint density at radius 3 is 2.90 bits per heavy atom. The van der Waals surface area contributed by atoms with E-state index in [1.807, 2.05) is 0 Å².